The number of rotatable bonds is 2. The summed E-state index contributed by atoms with van der Waals surface area (Å²) in [5, 5.41) is 9.95. The molecule has 1 aromatic carbocycles. The molecule has 0 amide bonds. The van der Waals surface area contributed by atoms with Crippen molar-refractivity contribution in [3.8, 4) is 0 Å². The van der Waals surface area contributed by atoms with E-state index >= 15 is 0 Å². The molecule has 0 radical (unpaired) electrons. The normalized spacial score (nSPS) is 15.5. The maximum Gasteiger partial charge on any atom is 0.125 e. The highest BCUT2D eigenvalue weighted by Crippen LogP contribution is 2.23. The van der Waals surface area contributed by atoms with E-state index in [1.807, 2.05) is 0 Å². The van der Waals surface area contributed by atoms with Crippen LogP contribution in [-0.4, -0.2) is 11.7 Å². The predicted octanol–water partition coefficient (Wildman–Crippen LogP) is 1.65. The number of hydrogen-bond acceptors (Lipinski definition) is 2. The third-order valence-corrected chi connectivity index (χ3v) is 2.10. The largest absolute Gasteiger partial charge is 0.384 e. The molecule has 0 saturated heterocycles. The molecular weight excluding hydrogens is 193 g/mol. The SMILES string of the molecule is CC(O)(CN)c1cc(F)cc(Cl)c1. The van der Waals surface area contributed by atoms with Crippen LogP contribution in [0.25, 0.3) is 0 Å². The number of benzene rings is 1. The summed E-state index contributed by atoms with van der Waals surface area (Å²) in [5.41, 5.74) is 4.48. The molecule has 1 aromatic rings. The molecule has 0 heterocycles. The van der Waals surface area contributed by atoms with Crippen LogP contribution in [0.15, 0.2) is 18.2 Å². The number of aliphatic hydroxyl groups is 1. The third kappa shape index (κ3) is 2.40. The molecule has 0 spiro atoms. The van der Waals surface area contributed by atoms with E-state index in [1.54, 1.807) is 0 Å². The van der Waals surface area contributed by atoms with Crippen LogP contribution < -0.4 is 5.73 Å². The lowest BCUT2D eigenvalue weighted by molar-refractivity contribution is 0.0665. The number of hydrogen-bond donors (Lipinski definition) is 2. The highest BCUT2D eigenvalue weighted by molar-refractivity contribution is 6.30. The van der Waals surface area contributed by atoms with Gasteiger partial charge in [-0.25, -0.2) is 4.39 Å². The Kier molecular flexibility index (Phi) is 2.91. The lowest BCUT2D eigenvalue weighted by Crippen LogP contribution is -2.31. The second kappa shape index (κ2) is 3.62. The van der Waals surface area contributed by atoms with E-state index in [1.165, 1.54) is 25.1 Å². The number of nitrogens with two attached hydrogens (primary N) is 1. The molecular formula is C9H11ClFNO. The van der Waals surface area contributed by atoms with Crippen LogP contribution in [0.2, 0.25) is 5.02 Å². The van der Waals surface area contributed by atoms with Crippen molar-refractivity contribution < 1.29 is 9.50 Å². The monoisotopic (exact) mass is 203 g/mol. The van der Waals surface area contributed by atoms with Gasteiger partial charge in [-0.15, -0.1) is 0 Å². The van der Waals surface area contributed by atoms with E-state index in [0.29, 0.717) is 5.56 Å². The van der Waals surface area contributed by atoms with Gasteiger partial charge in [0.2, 0.25) is 0 Å². The van der Waals surface area contributed by atoms with Crippen molar-refractivity contribution in [2.24, 2.45) is 5.73 Å². The third-order valence-electron chi connectivity index (χ3n) is 1.88. The van der Waals surface area contributed by atoms with Crippen molar-refractivity contribution in [2.75, 3.05) is 6.54 Å². The van der Waals surface area contributed by atoms with E-state index in [4.69, 9.17) is 17.3 Å². The van der Waals surface area contributed by atoms with Crippen LogP contribution >= 0.6 is 11.6 Å². The molecule has 0 fully saturated rings. The van der Waals surface area contributed by atoms with Gasteiger partial charge in [-0.1, -0.05) is 11.6 Å². The summed E-state index contributed by atoms with van der Waals surface area (Å²) in [7, 11) is 0. The van der Waals surface area contributed by atoms with Crippen molar-refractivity contribution in [2.45, 2.75) is 12.5 Å². The fourth-order valence-electron chi connectivity index (χ4n) is 0.983. The maximum atomic E-state index is 12.9. The van der Waals surface area contributed by atoms with Crippen molar-refractivity contribution in [1.82, 2.24) is 0 Å². The fourth-order valence-corrected chi connectivity index (χ4v) is 1.20. The molecule has 2 nitrogen and oxygen atoms in total. The topological polar surface area (TPSA) is 46.2 Å². The maximum absolute atomic E-state index is 12.9. The van der Waals surface area contributed by atoms with Gasteiger partial charge in [-0.05, 0) is 30.7 Å². The van der Waals surface area contributed by atoms with Crippen LogP contribution in [0, 0.1) is 5.82 Å². The zero-order valence-corrected chi connectivity index (χ0v) is 7.98. The van der Waals surface area contributed by atoms with Gasteiger partial charge in [-0.3, -0.25) is 0 Å². The molecule has 0 bridgehead atoms. The summed E-state index contributed by atoms with van der Waals surface area (Å²) >= 11 is 5.62. The Bertz CT molecular complexity index is 294. The van der Waals surface area contributed by atoms with Crippen molar-refractivity contribution in [3.63, 3.8) is 0 Å². The minimum atomic E-state index is -1.23. The quantitative estimate of drug-likeness (QED) is 0.768. The molecule has 4 heteroatoms. The molecule has 0 aromatic heterocycles. The summed E-state index contributed by atoms with van der Waals surface area (Å²) in [4.78, 5) is 0. The number of halogens is 2. The van der Waals surface area contributed by atoms with Crippen molar-refractivity contribution in [1.29, 1.82) is 0 Å². The molecule has 0 aliphatic rings. The Morgan fingerprint density at radius 3 is 2.62 bits per heavy atom. The van der Waals surface area contributed by atoms with E-state index < -0.39 is 11.4 Å². The predicted molar refractivity (Wildman–Crippen MR) is 50.0 cm³/mol. The highest BCUT2D eigenvalue weighted by atomic mass is 35.5. The molecule has 1 unspecified atom stereocenters. The second-order valence-electron chi connectivity index (χ2n) is 3.14. The first-order valence-corrected chi connectivity index (χ1v) is 4.22. The van der Waals surface area contributed by atoms with Crippen molar-refractivity contribution in [3.05, 3.63) is 34.6 Å². The van der Waals surface area contributed by atoms with Crippen LogP contribution in [0.4, 0.5) is 4.39 Å². The van der Waals surface area contributed by atoms with Gasteiger partial charge >= 0.3 is 0 Å². The van der Waals surface area contributed by atoms with Gasteiger partial charge in [0.1, 0.15) is 5.82 Å². The molecule has 1 rings (SSSR count). The molecule has 1 atom stereocenters. The van der Waals surface area contributed by atoms with Crippen LogP contribution in [0.1, 0.15) is 12.5 Å². The average Bonchev–Trinajstić information content (AvgIpc) is 2.02. The first-order valence-electron chi connectivity index (χ1n) is 3.85. The first-order chi connectivity index (χ1) is 5.95. The zero-order valence-electron chi connectivity index (χ0n) is 7.22. The van der Waals surface area contributed by atoms with E-state index in [0.717, 1.165) is 0 Å². The minimum absolute atomic E-state index is 0.0206. The molecule has 0 aliphatic heterocycles. The van der Waals surface area contributed by atoms with E-state index in [2.05, 4.69) is 0 Å². The van der Waals surface area contributed by atoms with E-state index in [-0.39, 0.29) is 11.6 Å². The Morgan fingerprint density at radius 1 is 1.54 bits per heavy atom. The van der Waals surface area contributed by atoms with Gasteiger partial charge in [0.15, 0.2) is 0 Å². The van der Waals surface area contributed by atoms with Crippen LogP contribution in [0.3, 0.4) is 0 Å². The second-order valence-corrected chi connectivity index (χ2v) is 3.57. The van der Waals surface area contributed by atoms with Gasteiger partial charge in [0.25, 0.3) is 0 Å². The highest BCUT2D eigenvalue weighted by Gasteiger charge is 2.21. The van der Waals surface area contributed by atoms with Crippen molar-refractivity contribution >= 4 is 11.6 Å². The Labute approximate surface area is 81.1 Å². The first kappa shape index (κ1) is 10.4. The molecule has 3 N–H and O–H groups in total. The summed E-state index contributed by atoms with van der Waals surface area (Å²) in [5.74, 6) is -0.476. The smallest absolute Gasteiger partial charge is 0.125 e. The molecule has 13 heavy (non-hydrogen) atoms. The van der Waals surface area contributed by atoms with Gasteiger partial charge < -0.3 is 10.8 Å². The lowest BCUT2D eigenvalue weighted by atomic mass is 9.96. The fraction of sp³-hybridized carbons (Fsp3) is 0.333. The zero-order chi connectivity index (χ0) is 10.1. The Hall–Kier alpha value is -0.640. The molecule has 72 valence electrons. The summed E-state index contributed by atoms with van der Waals surface area (Å²) in [6, 6.07) is 3.90. The molecule has 0 aliphatic carbocycles. The van der Waals surface area contributed by atoms with Crippen LogP contribution in [0.5, 0.6) is 0 Å². The standard InChI is InChI=1S/C9H11ClFNO/c1-9(13,5-12)6-2-7(10)4-8(11)3-6/h2-4,13H,5,12H2,1H3. The van der Waals surface area contributed by atoms with Gasteiger partial charge in [0.05, 0.1) is 5.60 Å². The summed E-state index contributed by atoms with van der Waals surface area (Å²) < 4.78 is 12.9. The summed E-state index contributed by atoms with van der Waals surface area (Å²) in [6.45, 7) is 1.53. The average molecular weight is 204 g/mol. The van der Waals surface area contributed by atoms with Gasteiger partial charge in [0, 0.05) is 11.6 Å². The summed E-state index contributed by atoms with van der Waals surface area (Å²) in [6.07, 6.45) is 0. The Morgan fingerprint density at radius 2 is 2.15 bits per heavy atom. The van der Waals surface area contributed by atoms with Crippen LogP contribution in [-0.2, 0) is 5.60 Å². The molecule has 0 saturated carbocycles. The minimum Gasteiger partial charge on any atom is -0.384 e. The lowest BCUT2D eigenvalue weighted by Gasteiger charge is -2.21. The Balaban J connectivity index is 3.15. The van der Waals surface area contributed by atoms with Gasteiger partial charge in [-0.2, -0.15) is 0 Å². The van der Waals surface area contributed by atoms with E-state index in [9.17, 15) is 9.50 Å².